The lowest BCUT2D eigenvalue weighted by molar-refractivity contribution is 1.39. The van der Waals surface area contributed by atoms with Gasteiger partial charge >= 0.3 is 0 Å². The minimum absolute atomic E-state index is 0. The molecule has 0 saturated heterocycles. The van der Waals surface area contributed by atoms with Crippen molar-refractivity contribution in [1.29, 1.82) is 0 Å². The molecule has 0 unspecified atom stereocenters. The van der Waals surface area contributed by atoms with Gasteiger partial charge in [0, 0.05) is 10.7 Å². The van der Waals surface area contributed by atoms with Gasteiger partial charge in [0.2, 0.25) is 0 Å². The lowest BCUT2D eigenvalue weighted by Gasteiger charge is -2.03. The molecule has 0 bridgehead atoms. The Morgan fingerprint density at radius 1 is 1.18 bits per heavy atom. The summed E-state index contributed by atoms with van der Waals surface area (Å²) in [6.07, 6.45) is 0. The topological polar surface area (TPSA) is 26.0 Å². The van der Waals surface area contributed by atoms with E-state index in [2.05, 4.69) is 0 Å². The summed E-state index contributed by atoms with van der Waals surface area (Å²) in [5, 5.41) is 0.754. The van der Waals surface area contributed by atoms with Gasteiger partial charge in [-0.05, 0) is 37.1 Å². The van der Waals surface area contributed by atoms with Gasteiger partial charge < -0.3 is 5.73 Å². The van der Waals surface area contributed by atoms with Gasteiger partial charge in [0.1, 0.15) is 0 Å². The van der Waals surface area contributed by atoms with E-state index in [4.69, 9.17) is 17.3 Å². The van der Waals surface area contributed by atoms with Crippen molar-refractivity contribution in [3.05, 3.63) is 28.3 Å². The summed E-state index contributed by atoms with van der Waals surface area (Å²) in [7, 11) is 0. The van der Waals surface area contributed by atoms with Crippen molar-refractivity contribution in [3.8, 4) is 0 Å². The lowest BCUT2D eigenvalue weighted by atomic mass is 10.1. The number of rotatable bonds is 0. The van der Waals surface area contributed by atoms with E-state index in [9.17, 15) is 0 Å². The zero-order valence-corrected chi connectivity index (χ0v) is 8.09. The fourth-order valence-electron chi connectivity index (χ4n) is 0.922. The molecule has 0 heterocycles. The maximum absolute atomic E-state index is 5.77. The summed E-state index contributed by atoms with van der Waals surface area (Å²) in [4.78, 5) is 0. The molecular weight excluding hydrogens is 181 g/mol. The Morgan fingerprint density at radius 3 is 1.91 bits per heavy atom. The van der Waals surface area contributed by atoms with Crippen molar-refractivity contribution in [2.45, 2.75) is 13.8 Å². The number of anilines is 1. The standard InChI is InChI=1S/C8H10ClN.ClH/c1-5-3-7(9)4-6(2)8(5)10;/h3-4H,10H2,1-2H3;1H. The molecule has 0 amide bonds. The molecule has 0 radical (unpaired) electrons. The molecule has 62 valence electrons. The van der Waals surface area contributed by atoms with Crippen LogP contribution in [0.25, 0.3) is 0 Å². The SMILES string of the molecule is Cc1cc(Cl)cc(C)c1N.Cl. The van der Waals surface area contributed by atoms with Crippen LogP contribution in [0.1, 0.15) is 11.1 Å². The van der Waals surface area contributed by atoms with E-state index >= 15 is 0 Å². The van der Waals surface area contributed by atoms with E-state index in [1.54, 1.807) is 0 Å². The third-order valence-electron chi connectivity index (χ3n) is 1.56. The first-order chi connectivity index (χ1) is 4.61. The second-order valence-corrected chi connectivity index (χ2v) is 2.89. The Morgan fingerprint density at radius 2 is 1.55 bits per heavy atom. The highest BCUT2D eigenvalue weighted by Crippen LogP contribution is 2.21. The average Bonchev–Trinajstić information content (AvgIpc) is 1.82. The normalized spacial score (nSPS) is 9.00. The summed E-state index contributed by atoms with van der Waals surface area (Å²) < 4.78 is 0. The average molecular weight is 192 g/mol. The van der Waals surface area contributed by atoms with Crippen LogP contribution in [0.4, 0.5) is 5.69 Å². The first-order valence-corrected chi connectivity index (χ1v) is 3.51. The van der Waals surface area contributed by atoms with Crippen LogP contribution in [0.5, 0.6) is 0 Å². The first-order valence-electron chi connectivity index (χ1n) is 3.13. The Balaban J connectivity index is 0.000001000. The number of benzene rings is 1. The number of nitrogen functional groups attached to an aromatic ring is 1. The molecule has 0 fully saturated rings. The van der Waals surface area contributed by atoms with Crippen LogP contribution >= 0.6 is 24.0 Å². The van der Waals surface area contributed by atoms with Crippen molar-refractivity contribution in [2.24, 2.45) is 0 Å². The molecule has 0 aliphatic rings. The molecule has 11 heavy (non-hydrogen) atoms. The highest BCUT2D eigenvalue weighted by Gasteiger charge is 1.98. The van der Waals surface area contributed by atoms with E-state index in [-0.39, 0.29) is 12.4 Å². The van der Waals surface area contributed by atoms with Crippen molar-refractivity contribution < 1.29 is 0 Å². The Hall–Kier alpha value is -0.400. The van der Waals surface area contributed by atoms with Gasteiger partial charge in [-0.1, -0.05) is 11.6 Å². The third-order valence-corrected chi connectivity index (χ3v) is 1.78. The van der Waals surface area contributed by atoms with Crippen molar-refractivity contribution in [1.82, 2.24) is 0 Å². The molecule has 1 aromatic rings. The van der Waals surface area contributed by atoms with Gasteiger partial charge in [-0.25, -0.2) is 0 Å². The summed E-state index contributed by atoms with van der Waals surface area (Å²) in [6, 6.07) is 3.73. The quantitative estimate of drug-likeness (QED) is 0.628. The monoisotopic (exact) mass is 191 g/mol. The van der Waals surface area contributed by atoms with Crippen molar-refractivity contribution in [3.63, 3.8) is 0 Å². The second kappa shape index (κ2) is 3.84. The first kappa shape index (κ1) is 10.6. The lowest BCUT2D eigenvalue weighted by Crippen LogP contribution is -1.92. The smallest absolute Gasteiger partial charge is 0.0412 e. The van der Waals surface area contributed by atoms with E-state index in [0.717, 1.165) is 21.8 Å². The molecule has 0 saturated carbocycles. The molecular formula is C8H11Cl2N. The predicted molar refractivity (Wildman–Crippen MR) is 52.6 cm³/mol. The van der Waals surface area contributed by atoms with Crippen LogP contribution in [-0.4, -0.2) is 0 Å². The zero-order valence-electron chi connectivity index (χ0n) is 6.52. The van der Waals surface area contributed by atoms with Crippen LogP contribution in [0.3, 0.4) is 0 Å². The number of hydrogen-bond acceptors (Lipinski definition) is 1. The van der Waals surface area contributed by atoms with Crippen molar-refractivity contribution in [2.75, 3.05) is 5.73 Å². The van der Waals surface area contributed by atoms with Gasteiger partial charge in [-0.2, -0.15) is 0 Å². The summed E-state index contributed by atoms with van der Waals surface area (Å²) in [5.41, 5.74) is 8.62. The molecule has 1 aromatic carbocycles. The van der Waals surface area contributed by atoms with Gasteiger partial charge in [0.25, 0.3) is 0 Å². The molecule has 3 heteroatoms. The fraction of sp³-hybridized carbons (Fsp3) is 0.250. The molecule has 0 spiro atoms. The van der Waals surface area contributed by atoms with E-state index in [0.29, 0.717) is 0 Å². The Kier molecular flexibility index (Phi) is 3.70. The second-order valence-electron chi connectivity index (χ2n) is 2.45. The molecule has 0 aliphatic carbocycles. The van der Waals surface area contributed by atoms with E-state index in [1.165, 1.54) is 0 Å². The fourth-order valence-corrected chi connectivity index (χ4v) is 1.25. The van der Waals surface area contributed by atoms with Gasteiger partial charge in [-0.3, -0.25) is 0 Å². The number of hydrogen-bond donors (Lipinski definition) is 1. The molecule has 2 N–H and O–H groups in total. The highest BCUT2D eigenvalue weighted by atomic mass is 35.5. The minimum Gasteiger partial charge on any atom is -0.398 e. The summed E-state index contributed by atoms with van der Waals surface area (Å²) in [6.45, 7) is 3.91. The number of aryl methyl sites for hydroxylation is 2. The third kappa shape index (κ3) is 2.28. The predicted octanol–water partition coefficient (Wildman–Crippen LogP) is 2.96. The molecule has 1 rings (SSSR count). The van der Waals surface area contributed by atoms with Crippen LogP contribution < -0.4 is 5.73 Å². The Bertz CT molecular complexity index is 235. The molecule has 0 atom stereocenters. The van der Waals surface area contributed by atoms with Crippen LogP contribution in [-0.2, 0) is 0 Å². The number of halogens is 2. The van der Waals surface area contributed by atoms with Gasteiger partial charge in [0.05, 0.1) is 0 Å². The zero-order chi connectivity index (χ0) is 7.72. The van der Waals surface area contributed by atoms with Gasteiger partial charge in [0.15, 0.2) is 0 Å². The Labute approximate surface area is 78.0 Å². The molecule has 0 aromatic heterocycles. The number of nitrogens with two attached hydrogens (primary N) is 1. The highest BCUT2D eigenvalue weighted by molar-refractivity contribution is 6.30. The molecule has 1 nitrogen and oxygen atoms in total. The summed E-state index contributed by atoms with van der Waals surface area (Å²) in [5.74, 6) is 0. The van der Waals surface area contributed by atoms with Gasteiger partial charge in [-0.15, -0.1) is 12.4 Å². The van der Waals surface area contributed by atoms with Crippen LogP contribution in [0, 0.1) is 13.8 Å². The maximum atomic E-state index is 5.77. The van der Waals surface area contributed by atoms with Crippen molar-refractivity contribution >= 4 is 29.7 Å². The van der Waals surface area contributed by atoms with Crippen LogP contribution in [0.15, 0.2) is 12.1 Å². The van der Waals surface area contributed by atoms with Crippen LogP contribution in [0.2, 0.25) is 5.02 Å². The van der Waals surface area contributed by atoms with E-state index < -0.39 is 0 Å². The summed E-state index contributed by atoms with van der Waals surface area (Å²) >= 11 is 5.77. The maximum Gasteiger partial charge on any atom is 0.0412 e. The van der Waals surface area contributed by atoms with E-state index in [1.807, 2.05) is 26.0 Å². The molecule has 0 aliphatic heterocycles. The largest absolute Gasteiger partial charge is 0.398 e. The minimum atomic E-state index is 0.